The van der Waals surface area contributed by atoms with Crippen molar-refractivity contribution >= 4 is 11.7 Å². The van der Waals surface area contributed by atoms with E-state index in [4.69, 9.17) is 9.84 Å². The molecule has 1 heterocycles. The number of nitrogens with zero attached hydrogens (tertiary/aromatic N) is 1. The molecule has 0 bridgehead atoms. The van der Waals surface area contributed by atoms with E-state index in [0.29, 0.717) is 13.2 Å². The largest absolute Gasteiger partial charge is 0.478 e. The summed E-state index contributed by atoms with van der Waals surface area (Å²) in [5.74, 6) is -0.911. The standard InChI is InChI=1S/C20H20F3NO3/c1-27-12-18-10-15(13-2-6-16(7-3-13)20(21,22)23)11-24(18)17-8-4-14(5-9-17)19(25)26/h2-9,15,18H,10-12H2,1H3,(H,25,26)/t15?,18-/m0/s1. The third kappa shape index (κ3) is 4.24. The Labute approximate surface area is 155 Å². The van der Waals surface area contributed by atoms with E-state index in [9.17, 15) is 18.0 Å². The van der Waals surface area contributed by atoms with Gasteiger partial charge in [0.25, 0.3) is 0 Å². The lowest BCUT2D eigenvalue weighted by Crippen LogP contribution is -2.32. The second kappa shape index (κ2) is 7.60. The van der Waals surface area contributed by atoms with Gasteiger partial charge in [0, 0.05) is 25.3 Å². The van der Waals surface area contributed by atoms with Gasteiger partial charge < -0.3 is 14.7 Å². The molecule has 1 aliphatic heterocycles. The predicted molar refractivity (Wildman–Crippen MR) is 95.2 cm³/mol. The smallest absolute Gasteiger partial charge is 0.416 e. The van der Waals surface area contributed by atoms with Gasteiger partial charge in [0.1, 0.15) is 0 Å². The highest BCUT2D eigenvalue weighted by Gasteiger charge is 2.34. The van der Waals surface area contributed by atoms with Crippen molar-refractivity contribution in [1.29, 1.82) is 0 Å². The van der Waals surface area contributed by atoms with Crippen molar-refractivity contribution < 1.29 is 27.8 Å². The van der Waals surface area contributed by atoms with E-state index in [1.165, 1.54) is 12.1 Å². The van der Waals surface area contributed by atoms with Crippen LogP contribution in [0.5, 0.6) is 0 Å². The molecule has 1 fully saturated rings. The number of benzene rings is 2. The number of carboxylic acids is 1. The molecular weight excluding hydrogens is 359 g/mol. The molecule has 0 aliphatic carbocycles. The molecule has 4 nitrogen and oxygen atoms in total. The van der Waals surface area contributed by atoms with Crippen LogP contribution < -0.4 is 4.90 Å². The van der Waals surface area contributed by atoms with Gasteiger partial charge in [-0.15, -0.1) is 0 Å². The molecule has 144 valence electrons. The van der Waals surface area contributed by atoms with Crippen molar-refractivity contribution in [3.63, 3.8) is 0 Å². The number of carbonyl (C=O) groups is 1. The zero-order chi connectivity index (χ0) is 19.6. The molecule has 27 heavy (non-hydrogen) atoms. The van der Waals surface area contributed by atoms with Crippen molar-refractivity contribution in [3.05, 3.63) is 65.2 Å². The zero-order valence-corrected chi connectivity index (χ0v) is 14.7. The third-order valence-corrected chi connectivity index (χ3v) is 4.93. The van der Waals surface area contributed by atoms with E-state index in [2.05, 4.69) is 4.90 Å². The highest BCUT2D eigenvalue weighted by Crippen LogP contribution is 2.37. The zero-order valence-electron chi connectivity index (χ0n) is 14.7. The first-order valence-corrected chi connectivity index (χ1v) is 8.55. The molecule has 2 aromatic rings. The molecule has 1 unspecified atom stereocenters. The number of ether oxygens (including phenoxy) is 1. The van der Waals surface area contributed by atoms with Crippen LogP contribution in [-0.4, -0.2) is 37.4 Å². The molecule has 0 saturated carbocycles. The van der Waals surface area contributed by atoms with Crippen LogP contribution in [0.3, 0.4) is 0 Å². The molecule has 2 aromatic carbocycles. The first kappa shape index (κ1) is 19.2. The van der Waals surface area contributed by atoms with Gasteiger partial charge in [0.15, 0.2) is 0 Å². The molecule has 0 amide bonds. The SMILES string of the molecule is COC[C@@H]1CC(c2ccc(C(F)(F)F)cc2)CN1c1ccc(C(=O)O)cc1. The van der Waals surface area contributed by atoms with Gasteiger partial charge in [-0.3, -0.25) is 0 Å². The van der Waals surface area contributed by atoms with E-state index in [-0.39, 0.29) is 17.5 Å². The molecule has 0 aromatic heterocycles. The maximum atomic E-state index is 12.8. The average Bonchev–Trinajstić information content (AvgIpc) is 3.05. The fourth-order valence-corrected chi connectivity index (χ4v) is 3.56. The second-order valence-corrected chi connectivity index (χ2v) is 6.67. The Bertz CT molecular complexity index is 788. The lowest BCUT2D eigenvalue weighted by Gasteiger charge is -2.26. The predicted octanol–water partition coefficient (Wildman–Crippen LogP) is 4.41. The first-order valence-electron chi connectivity index (χ1n) is 8.55. The summed E-state index contributed by atoms with van der Waals surface area (Å²) in [6.07, 6.45) is -3.59. The number of halogens is 3. The first-order chi connectivity index (χ1) is 12.8. The molecule has 2 atom stereocenters. The number of carboxylic acid groups (broad SMARTS) is 1. The van der Waals surface area contributed by atoms with Gasteiger partial charge in [-0.1, -0.05) is 12.1 Å². The lowest BCUT2D eigenvalue weighted by molar-refractivity contribution is -0.137. The summed E-state index contributed by atoms with van der Waals surface area (Å²) in [6.45, 7) is 1.11. The summed E-state index contributed by atoms with van der Waals surface area (Å²) >= 11 is 0. The van der Waals surface area contributed by atoms with Crippen LogP contribution in [0.1, 0.15) is 33.8 Å². The molecule has 1 aliphatic rings. The van der Waals surface area contributed by atoms with E-state index in [1.54, 1.807) is 31.4 Å². The number of hydrogen-bond acceptors (Lipinski definition) is 3. The Balaban J connectivity index is 1.81. The number of alkyl halides is 3. The average molecular weight is 379 g/mol. The Morgan fingerprint density at radius 1 is 1.15 bits per heavy atom. The topological polar surface area (TPSA) is 49.8 Å². The summed E-state index contributed by atoms with van der Waals surface area (Å²) in [5.41, 5.74) is 1.28. The second-order valence-electron chi connectivity index (χ2n) is 6.67. The maximum absolute atomic E-state index is 12.8. The van der Waals surface area contributed by atoms with Gasteiger partial charge in [0.05, 0.1) is 23.8 Å². The highest BCUT2D eigenvalue weighted by atomic mass is 19.4. The van der Waals surface area contributed by atoms with Crippen LogP contribution in [0, 0.1) is 0 Å². The van der Waals surface area contributed by atoms with E-state index < -0.39 is 17.7 Å². The van der Waals surface area contributed by atoms with Gasteiger partial charge in [-0.2, -0.15) is 13.2 Å². The summed E-state index contributed by atoms with van der Waals surface area (Å²) in [4.78, 5) is 13.1. The minimum Gasteiger partial charge on any atom is -0.478 e. The molecule has 0 radical (unpaired) electrons. The normalized spacial score (nSPS) is 20.1. The Hall–Kier alpha value is -2.54. The molecule has 3 rings (SSSR count). The number of methoxy groups -OCH3 is 1. The number of rotatable bonds is 5. The van der Waals surface area contributed by atoms with Gasteiger partial charge in [-0.25, -0.2) is 4.79 Å². The fourth-order valence-electron chi connectivity index (χ4n) is 3.56. The maximum Gasteiger partial charge on any atom is 0.416 e. The summed E-state index contributed by atoms with van der Waals surface area (Å²) in [7, 11) is 1.61. The number of aromatic carboxylic acids is 1. The monoisotopic (exact) mass is 379 g/mol. The molecule has 1 saturated heterocycles. The van der Waals surface area contributed by atoms with Crippen LogP contribution in [0.15, 0.2) is 48.5 Å². The Morgan fingerprint density at radius 2 is 1.78 bits per heavy atom. The van der Waals surface area contributed by atoms with Crippen molar-refractivity contribution in [2.24, 2.45) is 0 Å². The summed E-state index contributed by atoms with van der Waals surface area (Å²) in [5, 5.41) is 9.03. The molecule has 1 N–H and O–H groups in total. The van der Waals surface area contributed by atoms with Gasteiger partial charge in [0.2, 0.25) is 0 Å². The number of hydrogen-bond donors (Lipinski definition) is 1. The van der Waals surface area contributed by atoms with E-state index >= 15 is 0 Å². The van der Waals surface area contributed by atoms with Crippen LogP contribution >= 0.6 is 0 Å². The van der Waals surface area contributed by atoms with E-state index in [0.717, 1.165) is 29.8 Å². The molecule has 0 spiro atoms. The highest BCUT2D eigenvalue weighted by molar-refractivity contribution is 5.88. The van der Waals surface area contributed by atoms with E-state index in [1.807, 2.05) is 0 Å². The van der Waals surface area contributed by atoms with Crippen molar-refractivity contribution in [3.8, 4) is 0 Å². The van der Waals surface area contributed by atoms with Gasteiger partial charge >= 0.3 is 12.1 Å². The van der Waals surface area contributed by atoms with Crippen LogP contribution in [0.25, 0.3) is 0 Å². The molecular formula is C20H20F3NO3. The third-order valence-electron chi connectivity index (χ3n) is 4.93. The Morgan fingerprint density at radius 3 is 2.30 bits per heavy atom. The van der Waals surface area contributed by atoms with Crippen molar-refractivity contribution in [2.45, 2.75) is 24.6 Å². The fraction of sp³-hybridized carbons (Fsp3) is 0.350. The van der Waals surface area contributed by atoms with Gasteiger partial charge in [-0.05, 0) is 48.4 Å². The minimum atomic E-state index is -4.34. The Kier molecular flexibility index (Phi) is 5.41. The quantitative estimate of drug-likeness (QED) is 0.836. The minimum absolute atomic E-state index is 0.0676. The molecule has 7 heteroatoms. The van der Waals surface area contributed by atoms with Crippen molar-refractivity contribution in [1.82, 2.24) is 0 Å². The number of anilines is 1. The van der Waals surface area contributed by atoms with Crippen LogP contribution in [-0.2, 0) is 10.9 Å². The lowest BCUT2D eigenvalue weighted by atomic mass is 9.95. The van der Waals surface area contributed by atoms with Crippen molar-refractivity contribution in [2.75, 3.05) is 25.2 Å². The summed E-state index contributed by atoms with van der Waals surface area (Å²) in [6, 6.07) is 12.0. The summed E-state index contributed by atoms with van der Waals surface area (Å²) < 4.78 is 43.6. The van der Waals surface area contributed by atoms with Crippen LogP contribution in [0.2, 0.25) is 0 Å². The van der Waals surface area contributed by atoms with Crippen LogP contribution in [0.4, 0.5) is 18.9 Å².